The molecule has 0 amide bonds. The molecule has 0 unspecified atom stereocenters. The molecule has 1 saturated heterocycles. The quantitative estimate of drug-likeness (QED) is 0.852. The number of aliphatic hydroxyl groups excluding tert-OH is 1. The van der Waals surface area contributed by atoms with Crippen LogP contribution >= 0.6 is 0 Å². The van der Waals surface area contributed by atoms with E-state index >= 15 is 0 Å². The van der Waals surface area contributed by atoms with E-state index < -0.39 is 10.0 Å². The Bertz CT molecular complexity index is 608. The van der Waals surface area contributed by atoms with Crippen LogP contribution in [0.25, 0.3) is 0 Å². The topological polar surface area (TPSA) is 73.7 Å². The van der Waals surface area contributed by atoms with Crippen LogP contribution in [-0.4, -0.2) is 55.1 Å². The van der Waals surface area contributed by atoms with Crippen LogP contribution in [0.5, 0.6) is 0 Å². The standard InChI is InChI=1S/C16H25N3O3S/c20-12-11-19(14-5-4-6-14)16-8-7-15(13-17-16)23(21,22)18-9-2-1-3-10-18/h7-8,13-14,20H,1-6,9-12H2. The maximum atomic E-state index is 12.6. The Balaban J connectivity index is 1.77. The molecule has 1 aromatic heterocycles. The molecule has 3 rings (SSSR count). The summed E-state index contributed by atoms with van der Waals surface area (Å²) in [6, 6.07) is 3.83. The molecule has 7 heteroatoms. The number of aliphatic hydroxyl groups is 1. The zero-order valence-corrected chi connectivity index (χ0v) is 14.2. The fourth-order valence-electron chi connectivity index (χ4n) is 3.24. The number of rotatable bonds is 6. The fourth-order valence-corrected chi connectivity index (χ4v) is 4.70. The third-order valence-corrected chi connectivity index (χ3v) is 6.71. The van der Waals surface area contributed by atoms with Gasteiger partial charge in [0.05, 0.1) is 6.61 Å². The van der Waals surface area contributed by atoms with Gasteiger partial charge in [-0.25, -0.2) is 13.4 Å². The lowest BCUT2D eigenvalue weighted by Crippen LogP contribution is -2.42. The van der Waals surface area contributed by atoms with Crippen molar-refractivity contribution in [1.82, 2.24) is 9.29 Å². The second-order valence-corrected chi connectivity index (χ2v) is 8.26. The van der Waals surface area contributed by atoms with Crippen molar-refractivity contribution in [2.24, 2.45) is 0 Å². The number of hydrogen-bond donors (Lipinski definition) is 1. The molecule has 1 saturated carbocycles. The van der Waals surface area contributed by atoms with Gasteiger partial charge < -0.3 is 10.0 Å². The summed E-state index contributed by atoms with van der Waals surface area (Å²) in [6.07, 6.45) is 7.83. The fraction of sp³-hybridized carbons (Fsp3) is 0.688. The van der Waals surface area contributed by atoms with Crippen molar-refractivity contribution >= 4 is 15.8 Å². The van der Waals surface area contributed by atoms with Gasteiger partial charge in [-0.2, -0.15) is 4.31 Å². The van der Waals surface area contributed by atoms with E-state index in [0.717, 1.165) is 37.9 Å². The summed E-state index contributed by atoms with van der Waals surface area (Å²) in [6.45, 7) is 1.81. The first-order valence-electron chi connectivity index (χ1n) is 8.46. The summed E-state index contributed by atoms with van der Waals surface area (Å²) < 4.78 is 26.8. The van der Waals surface area contributed by atoms with Crippen LogP contribution < -0.4 is 4.90 Å². The zero-order valence-electron chi connectivity index (χ0n) is 13.4. The predicted octanol–water partition coefficient (Wildman–Crippen LogP) is 1.61. The van der Waals surface area contributed by atoms with E-state index in [9.17, 15) is 13.5 Å². The first-order valence-corrected chi connectivity index (χ1v) is 9.90. The number of aromatic nitrogens is 1. The maximum absolute atomic E-state index is 12.6. The minimum absolute atomic E-state index is 0.0754. The van der Waals surface area contributed by atoms with E-state index in [0.29, 0.717) is 25.7 Å². The van der Waals surface area contributed by atoms with Gasteiger partial charge in [0, 0.05) is 31.9 Å². The molecule has 0 atom stereocenters. The van der Waals surface area contributed by atoms with Gasteiger partial charge in [0.15, 0.2) is 0 Å². The number of piperidine rings is 1. The van der Waals surface area contributed by atoms with E-state index in [2.05, 4.69) is 9.88 Å². The summed E-state index contributed by atoms with van der Waals surface area (Å²) in [4.78, 5) is 6.72. The van der Waals surface area contributed by atoms with Crippen LogP contribution in [0.3, 0.4) is 0 Å². The lowest BCUT2D eigenvalue weighted by molar-refractivity contribution is 0.283. The Morgan fingerprint density at radius 1 is 1.17 bits per heavy atom. The van der Waals surface area contributed by atoms with Crippen LogP contribution in [0.1, 0.15) is 38.5 Å². The van der Waals surface area contributed by atoms with Crippen molar-refractivity contribution in [2.75, 3.05) is 31.1 Å². The molecule has 0 bridgehead atoms. The van der Waals surface area contributed by atoms with Crippen molar-refractivity contribution < 1.29 is 13.5 Å². The third-order valence-electron chi connectivity index (χ3n) is 4.82. The number of sulfonamides is 1. The highest BCUT2D eigenvalue weighted by Crippen LogP contribution is 2.29. The number of pyridine rings is 1. The van der Waals surface area contributed by atoms with E-state index in [-0.39, 0.29) is 11.5 Å². The van der Waals surface area contributed by atoms with Gasteiger partial charge in [0.25, 0.3) is 0 Å². The first kappa shape index (κ1) is 16.7. The number of hydrogen-bond acceptors (Lipinski definition) is 5. The molecule has 128 valence electrons. The maximum Gasteiger partial charge on any atom is 0.244 e. The average molecular weight is 339 g/mol. The van der Waals surface area contributed by atoms with Crippen molar-refractivity contribution in [1.29, 1.82) is 0 Å². The van der Waals surface area contributed by atoms with Crippen LogP contribution in [-0.2, 0) is 10.0 Å². The zero-order chi connectivity index (χ0) is 16.3. The third kappa shape index (κ3) is 3.51. The normalized spacial score (nSPS) is 20.2. The summed E-state index contributed by atoms with van der Waals surface area (Å²) in [5.74, 6) is 0.751. The van der Waals surface area contributed by atoms with E-state index in [4.69, 9.17) is 0 Å². The van der Waals surface area contributed by atoms with Gasteiger partial charge in [0.1, 0.15) is 10.7 Å². The van der Waals surface area contributed by atoms with Crippen LogP contribution in [0, 0.1) is 0 Å². The molecule has 1 aromatic rings. The van der Waals surface area contributed by atoms with E-state index in [1.54, 1.807) is 16.4 Å². The summed E-state index contributed by atoms with van der Waals surface area (Å²) in [5, 5.41) is 9.25. The van der Waals surface area contributed by atoms with Crippen molar-refractivity contribution in [3.63, 3.8) is 0 Å². The highest BCUT2D eigenvalue weighted by Gasteiger charge is 2.28. The van der Waals surface area contributed by atoms with E-state index in [1.807, 2.05) is 0 Å². The number of anilines is 1. The van der Waals surface area contributed by atoms with E-state index in [1.165, 1.54) is 12.6 Å². The Hall–Kier alpha value is -1.18. The highest BCUT2D eigenvalue weighted by molar-refractivity contribution is 7.89. The molecule has 2 heterocycles. The molecule has 1 aliphatic heterocycles. The van der Waals surface area contributed by atoms with Crippen molar-refractivity contribution in [2.45, 2.75) is 49.5 Å². The van der Waals surface area contributed by atoms with Gasteiger partial charge >= 0.3 is 0 Å². The largest absolute Gasteiger partial charge is 0.395 e. The van der Waals surface area contributed by atoms with Gasteiger partial charge in [-0.1, -0.05) is 6.42 Å². The van der Waals surface area contributed by atoms with Gasteiger partial charge in [0.2, 0.25) is 10.0 Å². The molecule has 6 nitrogen and oxygen atoms in total. The van der Waals surface area contributed by atoms with Crippen molar-refractivity contribution in [3.8, 4) is 0 Å². The molecular weight excluding hydrogens is 314 g/mol. The SMILES string of the molecule is O=S(=O)(c1ccc(N(CCO)C2CCC2)nc1)N1CCCCC1. The lowest BCUT2D eigenvalue weighted by Gasteiger charge is -2.38. The smallest absolute Gasteiger partial charge is 0.244 e. The molecule has 0 aromatic carbocycles. The van der Waals surface area contributed by atoms with Crippen LogP contribution in [0.2, 0.25) is 0 Å². The van der Waals surface area contributed by atoms with Gasteiger partial charge in [-0.05, 0) is 44.2 Å². The molecule has 2 fully saturated rings. The Morgan fingerprint density at radius 2 is 1.91 bits per heavy atom. The van der Waals surface area contributed by atoms with Crippen LogP contribution in [0.4, 0.5) is 5.82 Å². The molecular formula is C16H25N3O3S. The molecule has 1 N–H and O–H groups in total. The lowest BCUT2D eigenvalue weighted by atomic mass is 9.91. The van der Waals surface area contributed by atoms with Crippen molar-refractivity contribution in [3.05, 3.63) is 18.3 Å². The number of nitrogens with zero attached hydrogens (tertiary/aromatic N) is 3. The monoisotopic (exact) mass is 339 g/mol. The molecule has 23 heavy (non-hydrogen) atoms. The van der Waals surface area contributed by atoms with Gasteiger partial charge in [-0.3, -0.25) is 0 Å². The summed E-state index contributed by atoms with van der Waals surface area (Å²) >= 11 is 0. The minimum atomic E-state index is -3.43. The second kappa shape index (κ2) is 7.15. The van der Waals surface area contributed by atoms with Crippen LogP contribution in [0.15, 0.2) is 23.2 Å². The summed E-state index contributed by atoms with van der Waals surface area (Å²) in [5.41, 5.74) is 0. The second-order valence-electron chi connectivity index (χ2n) is 6.32. The van der Waals surface area contributed by atoms with Gasteiger partial charge in [-0.15, -0.1) is 0 Å². The molecule has 0 spiro atoms. The molecule has 0 radical (unpaired) electrons. The summed E-state index contributed by atoms with van der Waals surface area (Å²) in [7, 11) is -3.43. The molecule has 1 aliphatic carbocycles. The Labute approximate surface area is 138 Å². The molecule has 2 aliphatic rings. The first-order chi connectivity index (χ1) is 11.1. The highest BCUT2D eigenvalue weighted by atomic mass is 32.2. The Kier molecular flexibility index (Phi) is 5.18. The average Bonchev–Trinajstić information content (AvgIpc) is 2.54. The minimum Gasteiger partial charge on any atom is -0.395 e. The Morgan fingerprint density at radius 3 is 2.43 bits per heavy atom. The predicted molar refractivity (Wildman–Crippen MR) is 88.9 cm³/mol.